The van der Waals surface area contributed by atoms with Crippen molar-refractivity contribution in [1.82, 2.24) is 20.4 Å². The van der Waals surface area contributed by atoms with Crippen molar-refractivity contribution >= 4 is 17.6 Å². The average Bonchev–Trinajstić information content (AvgIpc) is 2.69. The van der Waals surface area contributed by atoms with Crippen LogP contribution in [0.4, 0.5) is 5.82 Å². The maximum Gasteiger partial charge on any atom is 0.274 e. The Balaban J connectivity index is 2.02. The summed E-state index contributed by atoms with van der Waals surface area (Å²) in [6.45, 7) is 4.11. The van der Waals surface area contributed by atoms with E-state index in [9.17, 15) is 9.59 Å². The topological polar surface area (TPSA) is 87.2 Å². The number of anilines is 1. The first-order chi connectivity index (χ1) is 9.70. The van der Waals surface area contributed by atoms with E-state index in [-0.39, 0.29) is 24.1 Å². The van der Waals surface area contributed by atoms with Crippen LogP contribution in [0.1, 0.15) is 30.3 Å². The number of nitrogens with one attached hydrogen (secondary N) is 2. The zero-order chi connectivity index (χ0) is 14.4. The second kappa shape index (κ2) is 6.83. The molecular weight excluding hydrogens is 258 g/mol. The predicted molar refractivity (Wildman–Crippen MR) is 74.3 cm³/mol. The van der Waals surface area contributed by atoms with Gasteiger partial charge in [0.2, 0.25) is 5.91 Å². The quantitative estimate of drug-likeness (QED) is 0.824. The molecule has 2 N–H and O–H groups in total. The van der Waals surface area contributed by atoms with Crippen molar-refractivity contribution in [2.75, 3.05) is 31.5 Å². The van der Waals surface area contributed by atoms with E-state index in [4.69, 9.17) is 0 Å². The van der Waals surface area contributed by atoms with Gasteiger partial charge in [-0.1, -0.05) is 6.92 Å². The second-order valence-corrected chi connectivity index (χ2v) is 4.66. The van der Waals surface area contributed by atoms with Crippen molar-refractivity contribution in [1.29, 1.82) is 0 Å². The number of rotatable bonds is 4. The largest absolute Gasteiger partial charge is 0.369 e. The van der Waals surface area contributed by atoms with E-state index in [0.29, 0.717) is 18.9 Å². The smallest absolute Gasteiger partial charge is 0.274 e. The van der Waals surface area contributed by atoms with Gasteiger partial charge in [-0.15, -0.1) is 10.2 Å². The van der Waals surface area contributed by atoms with E-state index in [2.05, 4.69) is 27.8 Å². The summed E-state index contributed by atoms with van der Waals surface area (Å²) in [4.78, 5) is 25.2. The van der Waals surface area contributed by atoms with E-state index in [1.807, 2.05) is 0 Å². The molecule has 7 heteroatoms. The minimum absolute atomic E-state index is 0.0797. The summed E-state index contributed by atoms with van der Waals surface area (Å²) in [5.41, 5.74) is 0.266. The average molecular weight is 277 g/mol. The summed E-state index contributed by atoms with van der Waals surface area (Å²) in [6.07, 6.45) is 1.74. The molecule has 0 aromatic carbocycles. The van der Waals surface area contributed by atoms with Crippen molar-refractivity contribution < 1.29 is 9.59 Å². The molecule has 0 radical (unpaired) electrons. The van der Waals surface area contributed by atoms with Gasteiger partial charge in [0.25, 0.3) is 5.91 Å². The van der Waals surface area contributed by atoms with Crippen LogP contribution in [-0.2, 0) is 4.79 Å². The fourth-order valence-electron chi connectivity index (χ4n) is 1.94. The first-order valence-corrected chi connectivity index (χ1v) is 6.84. The van der Waals surface area contributed by atoms with E-state index >= 15 is 0 Å². The van der Waals surface area contributed by atoms with Crippen LogP contribution >= 0.6 is 0 Å². The Labute approximate surface area is 117 Å². The zero-order valence-corrected chi connectivity index (χ0v) is 11.6. The third kappa shape index (κ3) is 3.66. The van der Waals surface area contributed by atoms with Gasteiger partial charge >= 0.3 is 0 Å². The lowest BCUT2D eigenvalue weighted by Crippen LogP contribution is -2.37. The zero-order valence-electron chi connectivity index (χ0n) is 11.6. The van der Waals surface area contributed by atoms with Crippen molar-refractivity contribution in [3.8, 4) is 0 Å². The maximum absolute atomic E-state index is 12.2. The molecule has 7 nitrogen and oxygen atoms in total. The predicted octanol–water partition coefficient (Wildman–Crippen LogP) is 0.261. The number of nitrogens with zero attached hydrogens (tertiary/aromatic N) is 3. The van der Waals surface area contributed by atoms with E-state index in [1.54, 1.807) is 12.1 Å². The number of carbonyl (C=O) groups excluding carboxylic acids is 2. The highest BCUT2D eigenvalue weighted by molar-refractivity contribution is 5.95. The van der Waals surface area contributed by atoms with Gasteiger partial charge in [0, 0.05) is 19.6 Å². The molecule has 1 aliphatic heterocycles. The second-order valence-electron chi connectivity index (χ2n) is 4.66. The Morgan fingerprint density at radius 2 is 2.30 bits per heavy atom. The summed E-state index contributed by atoms with van der Waals surface area (Å²) < 4.78 is 0. The molecule has 2 amide bonds. The Morgan fingerprint density at radius 1 is 1.45 bits per heavy atom. The fourth-order valence-corrected chi connectivity index (χ4v) is 1.94. The molecule has 1 aliphatic rings. The van der Waals surface area contributed by atoms with E-state index in [0.717, 1.165) is 19.4 Å². The van der Waals surface area contributed by atoms with Crippen LogP contribution in [0, 0.1) is 0 Å². The summed E-state index contributed by atoms with van der Waals surface area (Å²) >= 11 is 0. The van der Waals surface area contributed by atoms with Crippen LogP contribution in [0.5, 0.6) is 0 Å². The summed E-state index contributed by atoms with van der Waals surface area (Å²) in [6, 6.07) is 3.36. The van der Waals surface area contributed by atoms with Crippen molar-refractivity contribution in [2.24, 2.45) is 0 Å². The Bertz CT molecular complexity index is 474. The fraction of sp³-hybridized carbons (Fsp3) is 0.538. The van der Waals surface area contributed by atoms with Gasteiger partial charge in [-0.25, -0.2) is 0 Å². The first kappa shape index (κ1) is 14.2. The highest BCUT2D eigenvalue weighted by Gasteiger charge is 2.22. The van der Waals surface area contributed by atoms with Gasteiger partial charge < -0.3 is 15.5 Å². The first-order valence-electron chi connectivity index (χ1n) is 6.84. The number of amides is 2. The van der Waals surface area contributed by atoms with Crippen LogP contribution in [0.2, 0.25) is 0 Å². The van der Waals surface area contributed by atoms with Gasteiger partial charge in [-0.3, -0.25) is 9.59 Å². The number of hydrogen-bond acceptors (Lipinski definition) is 5. The third-order valence-electron chi connectivity index (χ3n) is 2.99. The number of hydrogen-bond donors (Lipinski definition) is 2. The molecule has 2 heterocycles. The number of carbonyl (C=O) groups is 2. The van der Waals surface area contributed by atoms with Crippen LogP contribution < -0.4 is 10.6 Å². The molecule has 1 aromatic heterocycles. The third-order valence-corrected chi connectivity index (χ3v) is 2.99. The van der Waals surface area contributed by atoms with Crippen molar-refractivity contribution in [2.45, 2.75) is 19.8 Å². The molecule has 0 saturated carbocycles. The van der Waals surface area contributed by atoms with Crippen LogP contribution in [-0.4, -0.2) is 53.1 Å². The standard InChI is InChI=1S/C13H19N5O2/c1-2-6-14-11-5-4-10(16-17-11)13(20)18-8-3-7-15-12(19)9-18/h4-5H,2-3,6-9H2,1H3,(H,14,17)(H,15,19). The Kier molecular flexibility index (Phi) is 4.86. The lowest BCUT2D eigenvalue weighted by atomic mass is 10.3. The number of aromatic nitrogens is 2. The molecule has 0 bridgehead atoms. The van der Waals surface area contributed by atoms with Crippen molar-refractivity contribution in [3.63, 3.8) is 0 Å². The summed E-state index contributed by atoms with van der Waals surface area (Å²) in [5, 5.41) is 13.7. The van der Waals surface area contributed by atoms with Gasteiger partial charge in [0.15, 0.2) is 5.69 Å². The SMILES string of the molecule is CCCNc1ccc(C(=O)N2CCCNC(=O)C2)nn1. The monoisotopic (exact) mass is 277 g/mol. The highest BCUT2D eigenvalue weighted by Crippen LogP contribution is 2.07. The van der Waals surface area contributed by atoms with Crippen LogP contribution in [0.15, 0.2) is 12.1 Å². The Morgan fingerprint density at radius 3 is 3.00 bits per heavy atom. The van der Waals surface area contributed by atoms with Gasteiger partial charge in [0.05, 0.1) is 6.54 Å². The van der Waals surface area contributed by atoms with Crippen LogP contribution in [0.3, 0.4) is 0 Å². The lowest BCUT2D eigenvalue weighted by molar-refractivity contribution is -0.121. The minimum atomic E-state index is -0.253. The molecule has 2 rings (SSSR count). The molecule has 0 aliphatic carbocycles. The van der Waals surface area contributed by atoms with Crippen molar-refractivity contribution in [3.05, 3.63) is 17.8 Å². The summed E-state index contributed by atoms with van der Waals surface area (Å²) in [5.74, 6) is 0.263. The van der Waals surface area contributed by atoms with Crippen LogP contribution in [0.25, 0.3) is 0 Å². The van der Waals surface area contributed by atoms with E-state index < -0.39 is 0 Å². The van der Waals surface area contributed by atoms with Gasteiger partial charge in [-0.2, -0.15) is 0 Å². The molecule has 1 fully saturated rings. The molecule has 1 aromatic rings. The molecule has 0 atom stereocenters. The van der Waals surface area contributed by atoms with Gasteiger partial charge in [-0.05, 0) is 25.0 Å². The lowest BCUT2D eigenvalue weighted by Gasteiger charge is -2.18. The molecule has 0 spiro atoms. The molecule has 0 unspecified atom stereocenters. The maximum atomic E-state index is 12.2. The summed E-state index contributed by atoms with van der Waals surface area (Å²) in [7, 11) is 0. The molecular formula is C13H19N5O2. The minimum Gasteiger partial charge on any atom is -0.369 e. The van der Waals surface area contributed by atoms with E-state index in [1.165, 1.54) is 4.90 Å². The molecule has 108 valence electrons. The molecule has 1 saturated heterocycles. The highest BCUT2D eigenvalue weighted by atomic mass is 16.2. The van der Waals surface area contributed by atoms with Gasteiger partial charge in [0.1, 0.15) is 5.82 Å². The Hall–Kier alpha value is -2.18. The normalized spacial score (nSPS) is 15.4. The molecule has 20 heavy (non-hydrogen) atoms.